The van der Waals surface area contributed by atoms with Gasteiger partial charge in [-0.05, 0) is 31.2 Å². The minimum atomic E-state index is -1.00. The number of carbonyl (C=O) groups excluding carboxylic acids is 1. The summed E-state index contributed by atoms with van der Waals surface area (Å²) < 4.78 is 10.6. The first kappa shape index (κ1) is 20.8. The molecule has 1 amide bonds. The molecule has 2 heterocycles. The van der Waals surface area contributed by atoms with Crippen molar-refractivity contribution in [2.45, 2.75) is 6.92 Å². The summed E-state index contributed by atoms with van der Waals surface area (Å²) in [7, 11) is 1.45. The number of carbonyl (C=O) groups is 2. The van der Waals surface area contributed by atoms with Crippen LogP contribution in [0.2, 0.25) is 0 Å². The summed E-state index contributed by atoms with van der Waals surface area (Å²) in [6.45, 7) is 1.67. The van der Waals surface area contributed by atoms with Crippen LogP contribution in [0.25, 0.3) is 22.5 Å². The summed E-state index contributed by atoms with van der Waals surface area (Å²) in [6, 6.07) is 19.0. The third-order valence-corrected chi connectivity index (χ3v) is 4.87. The molecule has 0 aliphatic heterocycles. The van der Waals surface area contributed by atoms with Crippen LogP contribution in [0.15, 0.2) is 71.3 Å². The molecule has 8 nitrogen and oxygen atoms in total. The quantitative estimate of drug-likeness (QED) is 0.458. The van der Waals surface area contributed by atoms with Gasteiger partial charge >= 0.3 is 5.97 Å². The van der Waals surface area contributed by atoms with Gasteiger partial charge in [-0.25, -0.2) is 9.78 Å². The first-order valence-electron chi connectivity index (χ1n) is 9.69. The van der Waals surface area contributed by atoms with Crippen LogP contribution in [-0.4, -0.2) is 34.2 Å². The average Bonchev–Trinajstić information content (AvgIpc) is 3.21. The average molecular weight is 429 g/mol. The zero-order chi connectivity index (χ0) is 22.7. The standard InChI is InChI=1S/C24H19N3O5/c1-14-20(21(27-32-14)16-6-4-3-5-7-16)22(28)25-19-13-12-18(26-23(19)31-2)15-8-10-17(11-9-15)24(29)30/h3-13H,1-2H3,(H,25,28)(H,29,30). The topological polar surface area (TPSA) is 115 Å². The van der Waals surface area contributed by atoms with Crippen molar-refractivity contribution >= 4 is 17.6 Å². The summed E-state index contributed by atoms with van der Waals surface area (Å²) in [5, 5.41) is 15.9. The van der Waals surface area contributed by atoms with E-state index in [1.165, 1.54) is 19.2 Å². The van der Waals surface area contributed by atoms with Crippen molar-refractivity contribution in [1.82, 2.24) is 10.1 Å². The molecule has 2 aromatic heterocycles. The summed E-state index contributed by atoms with van der Waals surface area (Å²) in [6.07, 6.45) is 0. The van der Waals surface area contributed by atoms with Gasteiger partial charge in [0.2, 0.25) is 5.88 Å². The Kier molecular flexibility index (Phi) is 5.67. The highest BCUT2D eigenvalue weighted by atomic mass is 16.5. The minimum absolute atomic E-state index is 0.183. The number of nitrogens with zero attached hydrogens (tertiary/aromatic N) is 2. The molecule has 0 spiro atoms. The molecule has 8 heteroatoms. The van der Waals surface area contributed by atoms with Gasteiger partial charge in [-0.1, -0.05) is 47.6 Å². The van der Waals surface area contributed by atoms with Crippen molar-refractivity contribution in [2.75, 3.05) is 12.4 Å². The number of carboxylic acid groups (broad SMARTS) is 1. The molecule has 4 aromatic rings. The van der Waals surface area contributed by atoms with Crippen LogP contribution >= 0.6 is 0 Å². The van der Waals surface area contributed by atoms with Crippen LogP contribution in [0.1, 0.15) is 26.5 Å². The molecule has 0 saturated carbocycles. The highest BCUT2D eigenvalue weighted by molar-refractivity contribution is 6.09. The fourth-order valence-electron chi connectivity index (χ4n) is 3.25. The van der Waals surface area contributed by atoms with Crippen LogP contribution in [0.3, 0.4) is 0 Å². The first-order chi connectivity index (χ1) is 15.5. The maximum atomic E-state index is 13.1. The molecule has 0 fully saturated rings. The van der Waals surface area contributed by atoms with E-state index in [4.69, 9.17) is 14.4 Å². The molecule has 0 bridgehead atoms. The van der Waals surface area contributed by atoms with Gasteiger partial charge in [0.05, 0.1) is 18.4 Å². The van der Waals surface area contributed by atoms with Gasteiger partial charge in [-0.3, -0.25) is 4.79 Å². The number of carboxylic acids is 1. The summed E-state index contributed by atoms with van der Waals surface area (Å²) in [4.78, 5) is 28.6. The van der Waals surface area contributed by atoms with Crippen LogP contribution < -0.4 is 10.1 Å². The molecule has 2 N–H and O–H groups in total. The highest BCUT2D eigenvalue weighted by Gasteiger charge is 2.23. The number of amides is 1. The Bertz CT molecular complexity index is 1280. The number of rotatable bonds is 6. The van der Waals surface area contributed by atoms with E-state index < -0.39 is 11.9 Å². The molecule has 0 radical (unpaired) electrons. The summed E-state index contributed by atoms with van der Waals surface area (Å²) >= 11 is 0. The Balaban J connectivity index is 1.62. The Morgan fingerprint density at radius 3 is 2.34 bits per heavy atom. The fourth-order valence-corrected chi connectivity index (χ4v) is 3.25. The molecule has 4 rings (SSSR count). The maximum absolute atomic E-state index is 13.1. The number of pyridine rings is 1. The van der Waals surface area contributed by atoms with E-state index in [1.54, 1.807) is 31.2 Å². The molecule has 32 heavy (non-hydrogen) atoms. The van der Waals surface area contributed by atoms with Crippen LogP contribution in [0.5, 0.6) is 5.88 Å². The number of hydrogen-bond acceptors (Lipinski definition) is 6. The zero-order valence-corrected chi connectivity index (χ0v) is 17.3. The van der Waals surface area contributed by atoms with Crippen molar-refractivity contribution in [3.63, 3.8) is 0 Å². The lowest BCUT2D eigenvalue weighted by atomic mass is 10.1. The molecule has 0 atom stereocenters. The number of aryl methyl sites for hydroxylation is 1. The zero-order valence-electron chi connectivity index (χ0n) is 17.3. The molecule has 0 saturated heterocycles. The molecular formula is C24H19N3O5. The predicted octanol–water partition coefficient (Wildman–Crippen LogP) is 4.67. The van der Waals surface area contributed by atoms with Crippen molar-refractivity contribution in [1.29, 1.82) is 0 Å². The van der Waals surface area contributed by atoms with E-state index in [0.717, 1.165) is 5.56 Å². The van der Waals surface area contributed by atoms with Gasteiger partial charge in [0, 0.05) is 11.1 Å². The van der Waals surface area contributed by atoms with Crippen molar-refractivity contribution < 1.29 is 24.0 Å². The lowest BCUT2D eigenvalue weighted by Crippen LogP contribution is -2.14. The van der Waals surface area contributed by atoms with Gasteiger partial charge in [-0.2, -0.15) is 0 Å². The van der Waals surface area contributed by atoms with E-state index in [9.17, 15) is 9.59 Å². The van der Waals surface area contributed by atoms with Crippen molar-refractivity contribution in [3.8, 4) is 28.4 Å². The predicted molar refractivity (Wildman–Crippen MR) is 118 cm³/mol. The molecule has 0 unspecified atom stereocenters. The molecule has 2 aromatic carbocycles. The second kappa shape index (κ2) is 8.73. The van der Waals surface area contributed by atoms with Crippen LogP contribution in [-0.2, 0) is 0 Å². The van der Waals surface area contributed by atoms with E-state index >= 15 is 0 Å². The number of hydrogen-bond donors (Lipinski definition) is 2. The Morgan fingerprint density at radius 1 is 0.969 bits per heavy atom. The third kappa shape index (κ3) is 4.06. The Morgan fingerprint density at radius 2 is 1.69 bits per heavy atom. The second-order valence-corrected chi connectivity index (χ2v) is 6.92. The van der Waals surface area contributed by atoms with Crippen LogP contribution in [0.4, 0.5) is 5.69 Å². The van der Waals surface area contributed by atoms with Gasteiger partial charge in [0.15, 0.2) is 0 Å². The molecule has 0 aliphatic rings. The fraction of sp³-hybridized carbons (Fsp3) is 0.0833. The largest absolute Gasteiger partial charge is 0.479 e. The maximum Gasteiger partial charge on any atom is 0.335 e. The lowest BCUT2D eigenvalue weighted by molar-refractivity contribution is 0.0696. The Hall–Kier alpha value is -4.46. The van der Waals surface area contributed by atoms with Gasteiger partial charge in [0.25, 0.3) is 5.91 Å². The van der Waals surface area contributed by atoms with Crippen molar-refractivity contribution in [3.05, 3.63) is 83.6 Å². The monoisotopic (exact) mass is 429 g/mol. The normalized spacial score (nSPS) is 10.6. The van der Waals surface area contributed by atoms with Crippen LogP contribution in [0, 0.1) is 6.92 Å². The molecule has 160 valence electrons. The van der Waals surface area contributed by atoms with E-state index in [-0.39, 0.29) is 11.4 Å². The molecular weight excluding hydrogens is 410 g/mol. The minimum Gasteiger partial charge on any atom is -0.479 e. The summed E-state index contributed by atoms with van der Waals surface area (Å²) in [5.41, 5.74) is 3.38. The smallest absolute Gasteiger partial charge is 0.335 e. The first-order valence-corrected chi connectivity index (χ1v) is 9.69. The second-order valence-electron chi connectivity index (χ2n) is 6.92. The van der Waals surface area contributed by atoms with E-state index in [0.29, 0.717) is 34.0 Å². The number of methoxy groups -OCH3 is 1. The summed E-state index contributed by atoms with van der Waals surface area (Å²) in [5.74, 6) is -0.794. The SMILES string of the molecule is COc1nc(-c2ccc(C(=O)O)cc2)ccc1NC(=O)c1c(-c2ccccc2)noc1C. The Labute approximate surface area is 183 Å². The van der Waals surface area contributed by atoms with E-state index in [2.05, 4.69) is 15.5 Å². The number of aromatic carboxylic acids is 1. The third-order valence-electron chi connectivity index (χ3n) is 4.87. The number of aromatic nitrogens is 2. The van der Waals surface area contributed by atoms with Gasteiger partial charge < -0.3 is 19.7 Å². The van der Waals surface area contributed by atoms with E-state index in [1.807, 2.05) is 30.3 Å². The number of benzene rings is 2. The lowest BCUT2D eigenvalue weighted by Gasteiger charge is -2.11. The van der Waals surface area contributed by atoms with Gasteiger partial charge in [0.1, 0.15) is 22.7 Å². The molecule has 0 aliphatic carbocycles. The highest BCUT2D eigenvalue weighted by Crippen LogP contribution is 2.30. The number of ether oxygens (including phenoxy) is 1. The number of anilines is 1. The van der Waals surface area contributed by atoms with Gasteiger partial charge in [-0.15, -0.1) is 0 Å². The number of nitrogens with one attached hydrogen (secondary N) is 1. The van der Waals surface area contributed by atoms with Crippen molar-refractivity contribution in [2.24, 2.45) is 0 Å².